The maximum Gasteiger partial charge on any atom is 0.231 e. The van der Waals surface area contributed by atoms with E-state index in [1.54, 1.807) is 36.2 Å². The van der Waals surface area contributed by atoms with E-state index in [4.69, 9.17) is 10.5 Å². The Morgan fingerprint density at radius 1 is 1.29 bits per heavy atom. The number of likely N-dealkylation sites (N-methyl/N-ethyl adjacent to an activating group) is 1. The molecule has 1 aromatic carbocycles. The molecule has 1 rings (SSSR count). The van der Waals surface area contributed by atoms with E-state index in [9.17, 15) is 9.59 Å². The van der Waals surface area contributed by atoms with Crippen molar-refractivity contribution in [2.45, 2.75) is 0 Å². The van der Waals surface area contributed by atoms with Gasteiger partial charge in [-0.3, -0.25) is 14.5 Å². The number of hydrogen-bond acceptors (Lipinski definition) is 4. The fourth-order valence-electron chi connectivity index (χ4n) is 1.53. The molecular weight excluding hydrogens is 220 g/mol. The molecule has 1 amide bonds. The van der Waals surface area contributed by atoms with Crippen LogP contribution < -0.4 is 10.5 Å². The lowest BCUT2D eigenvalue weighted by molar-refractivity contribution is -0.118. The summed E-state index contributed by atoms with van der Waals surface area (Å²) < 4.78 is 5.10. The second kappa shape index (κ2) is 6.00. The average molecular weight is 236 g/mol. The van der Waals surface area contributed by atoms with Crippen LogP contribution in [0.1, 0.15) is 10.4 Å². The number of amides is 1. The van der Waals surface area contributed by atoms with Gasteiger partial charge in [0.15, 0.2) is 5.78 Å². The van der Waals surface area contributed by atoms with E-state index in [1.165, 1.54) is 7.11 Å². The molecule has 0 aliphatic heterocycles. The minimum Gasteiger partial charge on any atom is -0.496 e. The molecule has 0 atom stereocenters. The van der Waals surface area contributed by atoms with Gasteiger partial charge in [0.05, 0.1) is 25.8 Å². The molecule has 92 valence electrons. The summed E-state index contributed by atoms with van der Waals surface area (Å²) >= 11 is 0. The molecule has 0 aromatic heterocycles. The van der Waals surface area contributed by atoms with Gasteiger partial charge in [0.25, 0.3) is 0 Å². The molecule has 0 radical (unpaired) electrons. The molecule has 2 N–H and O–H groups in total. The van der Waals surface area contributed by atoms with Crippen molar-refractivity contribution >= 4 is 11.7 Å². The summed E-state index contributed by atoms with van der Waals surface area (Å²) in [6.45, 7) is 0.185. The number of methoxy groups -OCH3 is 1. The van der Waals surface area contributed by atoms with Crippen molar-refractivity contribution in [1.82, 2.24) is 4.90 Å². The monoisotopic (exact) mass is 236 g/mol. The van der Waals surface area contributed by atoms with E-state index in [0.717, 1.165) is 0 Å². The zero-order chi connectivity index (χ0) is 12.8. The first-order valence-corrected chi connectivity index (χ1v) is 5.17. The van der Waals surface area contributed by atoms with Crippen LogP contribution in [0.4, 0.5) is 0 Å². The highest BCUT2D eigenvalue weighted by Crippen LogP contribution is 2.17. The van der Waals surface area contributed by atoms with E-state index in [0.29, 0.717) is 11.3 Å². The first-order chi connectivity index (χ1) is 8.04. The van der Waals surface area contributed by atoms with Gasteiger partial charge >= 0.3 is 0 Å². The number of Topliss-reactive ketones (excluding diaryl/α,β-unsaturated/α-hetero) is 1. The minimum atomic E-state index is -0.458. The van der Waals surface area contributed by atoms with E-state index in [-0.39, 0.29) is 18.9 Å². The normalized spacial score (nSPS) is 10.3. The zero-order valence-electron chi connectivity index (χ0n) is 9.97. The van der Waals surface area contributed by atoms with Crippen molar-refractivity contribution in [3.8, 4) is 5.75 Å². The number of carbonyl (C=O) groups is 2. The lowest BCUT2D eigenvalue weighted by Gasteiger charge is -2.14. The number of para-hydroxylation sites is 1. The number of ether oxygens (including phenoxy) is 1. The molecule has 0 bridgehead atoms. The van der Waals surface area contributed by atoms with Crippen molar-refractivity contribution in [3.05, 3.63) is 29.8 Å². The number of benzene rings is 1. The maximum absolute atomic E-state index is 11.9. The first kappa shape index (κ1) is 13.2. The smallest absolute Gasteiger partial charge is 0.231 e. The number of rotatable bonds is 6. The minimum absolute atomic E-state index is 0.0564. The van der Waals surface area contributed by atoms with Crippen LogP contribution >= 0.6 is 0 Å². The number of nitrogens with zero attached hydrogens (tertiary/aromatic N) is 1. The van der Waals surface area contributed by atoms with Gasteiger partial charge in [-0.05, 0) is 19.2 Å². The second-order valence-electron chi connectivity index (χ2n) is 3.76. The highest BCUT2D eigenvalue weighted by molar-refractivity contribution is 6.00. The fraction of sp³-hybridized carbons (Fsp3) is 0.333. The summed E-state index contributed by atoms with van der Waals surface area (Å²) in [6, 6.07) is 6.98. The van der Waals surface area contributed by atoms with Crippen LogP contribution in [-0.4, -0.2) is 43.8 Å². The SMILES string of the molecule is COc1ccccc1C(=O)CN(C)CC(N)=O. The maximum atomic E-state index is 11.9. The van der Waals surface area contributed by atoms with E-state index >= 15 is 0 Å². The highest BCUT2D eigenvalue weighted by atomic mass is 16.5. The van der Waals surface area contributed by atoms with Crippen LogP contribution in [0.15, 0.2) is 24.3 Å². The summed E-state index contributed by atoms with van der Waals surface area (Å²) in [5.41, 5.74) is 5.55. The average Bonchev–Trinajstić information content (AvgIpc) is 2.27. The van der Waals surface area contributed by atoms with Gasteiger partial charge < -0.3 is 10.5 Å². The summed E-state index contributed by atoms with van der Waals surface area (Å²) in [7, 11) is 3.18. The van der Waals surface area contributed by atoms with Crippen molar-refractivity contribution in [2.75, 3.05) is 27.2 Å². The fourth-order valence-corrected chi connectivity index (χ4v) is 1.53. The van der Waals surface area contributed by atoms with E-state index < -0.39 is 5.91 Å². The molecule has 0 aliphatic rings. The third-order valence-electron chi connectivity index (χ3n) is 2.25. The van der Waals surface area contributed by atoms with Crippen molar-refractivity contribution < 1.29 is 14.3 Å². The molecule has 0 unspecified atom stereocenters. The molecule has 0 heterocycles. The van der Waals surface area contributed by atoms with Crippen LogP contribution in [0.2, 0.25) is 0 Å². The lowest BCUT2D eigenvalue weighted by atomic mass is 10.1. The molecular formula is C12H16N2O3. The molecule has 0 fully saturated rings. The highest BCUT2D eigenvalue weighted by Gasteiger charge is 2.14. The van der Waals surface area contributed by atoms with Gasteiger partial charge in [0, 0.05) is 0 Å². The Morgan fingerprint density at radius 2 is 1.94 bits per heavy atom. The Hall–Kier alpha value is -1.88. The molecule has 1 aromatic rings. The molecule has 0 spiro atoms. The van der Waals surface area contributed by atoms with Gasteiger partial charge in [-0.1, -0.05) is 12.1 Å². The van der Waals surface area contributed by atoms with Crippen molar-refractivity contribution in [1.29, 1.82) is 0 Å². The van der Waals surface area contributed by atoms with Gasteiger partial charge in [-0.25, -0.2) is 0 Å². The Morgan fingerprint density at radius 3 is 2.53 bits per heavy atom. The van der Waals surface area contributed by atoms with E-state index in [2.05, 4.69) is 0 Å². The van der Waals surface area contributed by atoms with Gasteiger partial charge in [0.2, 0.25) is 5.91 Å². The zero-order valence-corrected chi connectivity index (χ0v) is 9.97. The second-order valence-corrected chi connectivity index (χ2v) is 3.76. The molecule has 5 nitrogen and oxygen atoms in total. The standard InChI is InChI=1S/C12H16N2O3/c1-14(8-12(13)16)7-10(15)9-5-3-4-6-11(9)17-2/h3-6H,7-8H2,1-2H3,(H2,13,16). The molecule has 5 heteroatoms. The Bertz CT molecular complexity index is 418. The van der Waals surface area contributed by atoms with Crippen LogP contribution in [0, 0.1) is 0 Å². The third kappa shape index (κ3) is 3.88. The molecule has 0 saturated heterocycles. The van der Waals surface area contributed by atoms with Crippen LogP contribution in [0.25, 0.3) is 0 Å². The lowest BCUT2D eigenvalue weighted by Crippen LogP contribution is -2.34. The van der Waals surface area contributed by atoms with Gasteiger partial charge in [0.1, 0.15) is 5.75 Å². The number of nitrogens with two attached hydrogens (primary N) is 1. The number of carbonyl (C=O) groups excluding carboxylic acids is 2. The van der Waals surface area contributed by atoms with Crippen LogP contribution in [0.3, 0.4) is 0 Å². The number of primary amides is 1. The van der Waals surface area contributed by atoms with Gasteiger partial charge in [-0.15, -0.1) is 0 Å². The molecule has 0 aliphatic carbocycles. The number of ketones is 1. The largest absolute Gasteiger partial charge is 0.496 e. The Labute approximate surface area is 100 Å². The molecule has 17 heavy (non-hydrogen) atoms. The quantitative estimate of drug-likeness (QED) is 0.721. The number of hydrogen-bond donors (Lipinski definition) is 1. The van der Waals surface area contributed by atoms with Crippen LogP contribution in [-0.2, 0) is 4.79 Å². The van der Waals surface area contributed by atoms with Gasteiger partial charge in [-0.2, -0.15) is 0 Å². The van der Waals surface area contributed by atoms with Crippen LogP contribution in [0.5, 0.6) is 5.75 Å². The van der Waals surface area contributed by atoms with E-state index in [1.807, 2.05) is 0 Å². The van der Waals surface area contributed by atoms with Crippen molar-refractivity contribution in [2.24, 2.45) is 5.73 Å². The summed E-state index contributed by atoms with van der Waals surface area (Å²) in [6.07, 6.45) is 0. The Kier molecular flexibility index (Phi) is 4.66. The summed E-state index contributed by atoms with van der Waals surface area (Å²) in [5.74, 6) is -0.0310. The predicted molar refractivity (Wildman–Crippen MR) is 64.0 cm³/mol. The summed E-state index contributed by atoms with van der Waals surface area (Å²) in [5, 5.41) is 0. The predicted octanol–water partition coefficient (Wildman–Crippen LogP) is 0.295. The third-order valence-corrected chi connectivity index (χ3v) is 2.25. The summed E-state index contributed by atoms with van der Waals surface area (Å²) in [4.78, 5) is 24.2. The Balaban J connectivity index is 2.72. The topological polar surface area (TPSA) is 72.6 Å². The first-order valence-electron chi connectivity index (χ1n) is 5.17. The van der Waals surface area contributed by atoms with Crippen molar-refractivity contribution in [3.63, 3.8) is 0 Å². The molecule has 0 saturated carbocycles.